The summed E-state index contributed by atoms with van der Waals surface area (Å²) in [4.78, 5) is 0. The zero-order chi connectivity index (χ0) is 6.81. The van der Waals surface area contributed by atoms with Crippen molar-refractivity contribution in [2.45, 2.75) is 6.17 Å². The Labute approximate surface area is 112 Å². The van der Waals surface area contributed by atoms with Crippen LogP contribution in [-0.4, -0.2) is 15.5 Å². The van der Waals surface area contributed by atoms with Crippen molar-refractivity contribution in [1.29, 1.82) is 0 Å². The number of nitrogens with zero attached hydrogens (tertiary/aromatic N) is 7. The average Bonchev–Trinajstić information content (AvgIpc) is 2.59. The smallest absolute Gasteiger partial charge is 0.524 e. The van der Waals surface area contributed by atoms with Crippen molar-refractivity contribution in [2.24, 2.45) is 10.3 Å². The molecule has 0 amide bonds. The third-order valence-corrected chi connectivity index (χ3v) is 0.957. The molecule has 0 saturated carbocycles. The molecule has 1 aliphatic rings. The summed E-state index contributed by atoms with van der Waals surface area (Å²) in [5.41, 5.74) is 6.00. The van der Waals surface area contributed by atoms with Gasteiger partial charge in [0.15, 0.2) is 0 Å². The third kappa shape index (κ3) is 2.73. The van der Waals surface area contributed by atoms with Crippen LogP contribution in [-0.2, 0) is 0 Å². The van der Waals surface area contributed by atoms with Gasteiger partial charge in [-0.05, 0) is 0 Å². The summed E-state index contributed by atoms with van der Waals surface area (Å²) >= 11 is 0. The van der Waals surface area contributed by atoms with E-state index in [9.17, 15) is 0 Å². The van der Waals surface area contributed by atoms with Crippen LogP contribution in [0.3, 0.4) is 0 Å². The molecule has 1 aromatic heterocycles. The van der Waals surface area contributed by atoms with Crippen LogP contribution in [0, 0.1) is 0 Å². The van der Waals surface area contributed by atoms with Gasteiger partial charge in [-0.25, -0.2) is 0 Å². The Kier molecular flexibility index (Phi) is 6.19. The fourth-order valence-corrected chi connectivity index (χ4v) is 0.551. The molecule has 0 bridgehead atoms. The Hall–Kier alpha value is 0.430. The first-order chi connectivity index (χ1) is 4.97. The number of rotatable bonds is 1. The topological polar surface area (TPSA) is 104 Å². The number of tetrazole rings is 1. The van der Waals surface area contributed by atoms with Crippen molar-refractivity contribution in [2.75, 3.05) is 0 Å². The van der Waals surface area contributed by atoms with Crippen LogP contribution in [0.2, 0.25) is 0 Å². The normalized spacial score (nSPS) is 19.2. The quantitative estimate of drug-likeness (QED) is 0.437. The van der Waals surface area contributed by atoms with Gasteiger partial charge in [0, 0.05) is 12.0 Å². The fourth-order valence-electron chi connectivity index (χ4n) is 0.551. The number of hydrogen-bond acceptors (Lipinski definition) is 6. The minimum absolute atomic E-state index is 0. The average molecular weight is 184 g/mol. The molecule has 2 heterocycles. The molecule has 10 heteroatoms. The van der Waals surface area contributed by atoms with Gasteiger partial charge >= 0.3 is 59.1 Å². The molecule has 1 aromatic rings. The van der Waals surface area contributed by atoms with Crippen LogP contribution in [0.1, 0.15) is 12.0 Å². The molecule has 0 aliphatic carbocycles. The fraction of sp³-hybridized carbons (Fsp3) is 0.500. The molecule has 8 nitrogen and oxygen atoms in total. The summed E-state index contributed by atoms with van der Waals surface area (Å²) in [6.45, 7) is 0. The monoisotopic (exact) mass is 184 g/mol. The predicted octanol–water partition coefficient (Wildman–Crippen LogP) is -6.91. The van der Waals surface area contributed by atoms with Crippen molar-refractivity contribution in [3.63, 3.8) is 0 Å². The van der Waals surface area contributed by atoms with Gasteiger partial charge in [0.1, 0.15) is 0 Å². The summed E-state index contributed by atoms with van der Waals surface area (Å²) in [5.74, 6) is 0.355. The largest absolute Gasteiger partial charge is 1.00 e. The minimum Gasteiger partial charge on any atom is -0.524 e. The number of nitrogens with one attached hydrogen (secondary N) is 1. The van der Waals surface area contributed by atoms with Crippen molar-refractivity contribution < 1.29 is 59.1 Å². The van der Waals surface area contributed by atoms with Gasteiger partial charge in [-0.3, -0.25) is 10.3 Å². The van der Waals surface area contributed by atoms with Crippen LogP contribution < -0.4 is 69.7 Å². The molecule has 1 unspecified atom stereocenters. The summed E-state index contributed by atoms with van der Waals surface area (Å²) in [6.07, 6.45) is -0.477. The van der Waals surface area contributed by atoms with Crippen LogP contribution >= 0.6 is 0 Å². The van der Waals surface area contributed by atoms with E-state index >= 15 is 0 Å². The molecule has 1 N–H and O–H groups in total. The summed E-state index contributed by atoms with van der Waals surface area (Å²) in [7, 11) is 0. The van der Waals surface area contributed by atoms with Crippen LogP contribution in [0.4, 0.5) is 0 Å². The molecule has 0 spiro atoms. The van der Waals surface area contributed by atoms with Crippen molar-refractivity contribution >= 4 is 0 Å². The Morgan fingerprint density at radius 3 is 2.67 bits per heavy atom. The molecule has 52 valence electrons. The molecule has 0 aromatic carbocycles. The molecule has 1 atom stereocenters. The van der Waals surface area contributed by atoms with Crippen molar-refractivity contribution in [3.8, 4) is 0 Å². The first-order valence-electron chi connectivity index (χ1n) is 2.50. The zero-order valence-electron chi connectivity index (χ0n) is 6.71. The number of aromatic nitrogens is 4. The van der Waals surface area contributed by atoms with Crippen LogP contribution in [0.5, 0.6) is 0 Å². The van der Waals surface area contributed by atoms with Gasteiger partial charge in [-0.2, -0.15) is 10.3 Å². The molecule has 0 saturated heterocycles. The molecule has 0 radical (unpaired) electrons. The van der Waals surface area contributed by atoms with E-state index in [1.807, 2.05) is 0 Å². The maximum atomic E-state index is 3.69. The first-order valence-corrected chi connectivity index (χ1v) is 2.50. The molecular weight excluding hydrogens is 182 g/mol. The summed E-state index contributed by atoms with van der Waals surface area (Å²) in [6, 6.07) is 0. The Bertz CT molecular complexity index is 231. The second-order valence-corrected chi connectivity index (χ2v) is 1.56. The zero-order valence-corrected chi connectivity index (χ0v) is 10.7. The summed E-state index contributed by atoms with van der Waals surface area (Å²) in [5, 5.41) is 20.6. The van der Waals surface area contributed by atoms with Crippen molar-refractivity contribution in [3.05, 3.63) is 11.3 Å². The third-order valence-electron chi connectivity index (χ3n) is 0.957. The molecule has 0 fully saturated rings. The molecule has 12 heavy (non-hydrogen) atoms. The first kappa shape index (κ1) is 12.4. The van der Waals surface area contributed by atoms with Crippen molar-refractivity contribution in [1.82, 2.24) is 26.2 Å². The second kappa shape index (κ2) is 5.97. The van der Waals surface area contributed by atoms with E-state index < -0.39 is 6.17 Å². The Morgan fingerprint density at radius 2 is 2.17 bits per heavy atom. The van der Waals surface area contributed by atoms with Crippen LogP contribution in [0.15, 0.2) is 10.3 Å². The maximum Gasteiger partial charge on any atom is 1.00 e. The predicted molar refractivity (Wildman–Crippen MR) is 27.2 cm³/mol. The minimum atomic E-state index is -0.477. The van der Waals surface area contributed by atoms with Gasteiger partial charge in [0.2, 0.25) is 0 Å². The standard InChI is InChI=1S/C2H2N8.2Na/c3-1(4-8-7-3)2-5-9-10-6-2;;/h1H,(H-2,3,4,5,6,7,8,9,10);;/q-2;2*+1. The maximum absolute atomic E-state index is 3.69. The number of hydrogen-bond donors (Lipinski definition) is 1. The molecule has 2 rings (SSSR count). The molecular formula is C2H2N8Na2. The SMILES string of the molecule is N1=NC(c2nnn[n-]2)[N-]N1.[Na+].[Na+]. The van der Waals surface area contributed by atoms with E-state index in [1.165, 1.54) is 0 Å². The van der Waals surface area contributed by atoms with E-state index in [0.29, 0.717) is 5.82 Å². The van der Waals surface area contributed by atoms with Gasteiger partial charge in [0.05, 0.1) is 0 Å². The molecule has 1 aliphatic heterocycles. The van der Waals surface area contributed by atoms with E-state index in [0.717, 1.165) is 0 Å². The van der Waals surface area contributed by atoms with E-state index in [4.69, 9.17) is 0 Å². The van der Waals surface area contributed by atoms with Gasteiger partial charge in [-0.1, -0.05) is 5.22 Å². The van der Waals surface area contributed by atoms with Gasteiger partial charge < -0.3 is 16.1 Å². The van der Waals surface area contributed by atoms with Gasteiger partial charge in [0.25, 0.3) is 0 Å². The van der Waals surface area contributed by atoms with E-state index in [2.05, 4.69) is 41.9 Å². The second-order valence-electron chi connectivity index (χ2n) is 1.56. The Morgan fingerprint density at radius 1 is 1.33 bits per heavy atom. The van der Waals surface area contributed by atoms with Crippen LogP contribution in [0.25, 0.3) is 5.43 Å². The summed E-state index contributed by atoms with van der Waals surface area (Å²) < 4.78 is 0. The van der Waals surface area contributed by atoms with Gasteiger partial charge in [-0.15, -0.1) is 0 Å². The van der Waals surface area contributed by atoms with E-state index in [-0.39, 0.29) is 59.1 Å². The van der Waals surface area contributed by atoms with E-state index in [1.54, 1.807) is 0 Å². The Balaban J connectivity index is 0.000000605.